The smallest absolute Gasteiger partial charge is 0.262 e. The van der Waals surface area contributed by atoms with E-state index in [2.05, 4.69) is 4.98 Å². The van der Waals surface area contributed by atoms with E-state index >= 15 is 0 Å². The molecule has 0 fully saturated rings. The van der Waals surface area contributed by atoms with Crippen LogP contribution < -0.4 is 10.3 Å². The number of thiophene rings is 1. The first-order chi connectivity index (χ1) is 12.1. The molecule has 0 aliphatic carbocycles. The van der Waals surface area contributed by atoms with Crippen molar-refractivity contribution in [3.63, 3.8) is 0 Å². The normalized spacial score (nSPS) is 10.8. The third-order valence-corrected chi connectivity index (χ3v) is 4.66. The third-order valence-electron chi connectivity index (χ3n) is 3.84. The van der Waals surface area contributed by atoms with Gasteiger partial charge in [-0.2, -0.15) is 0 Å². The number of hydrogen-bond acceptors (Lipinski definition) is 5. The summed E-state index contributed by atoms with van der Waals surface area (Å²) in [5, 5.41) is 2.37. The largest absolute Gasteiger partial charge is 0.494 e. The van der Waals surface area contributed by atoms with Crippen LogP contribution in [0.4, 0.5) is 0 Å². The average molecular weight is 357 g/mol. The maximum Gasteiger partial charge on any atom is 0.262 e. The van der Waals surface area contributed by atoms with Crippen molar-refractivity contribution in [1.82, 2.24) is 14.5 Å². The Hall–Kier alpha value is -2.67. The maximum absolute atomic E-state index is 12.4. The molecule has 2 aromatic heterocycles. The maximum atomic E-state index is 12.4. The molecule has 25 heavy (non-hydrogen) atoms. The molecule has 0 bridgehead atoms. The first-order valence-corrected chi connectivity index (χ1v) is 8.85. The van der Waals surface area contributed by atoms with Crippen molar-refractivity contribution in [3.8, 4) is 5.75 Å². The number of hydrogen-bond donors (Lipinski definition) is 0. The second-order valence-corrected chi connectivity index (χ2v) is 6.54. The summed E-state index contributed by atoms with van der Waals surface area (Å²) in [6.45, 7) is 3.00. The molecule has 0 spiro atoms. The van der Waals surface area contributed by atoms with Gasteiger partial charge in [-0.05, 0) is 36.1 Å². The molecule has 0 aliphatic heterocycles. The van der Waals surface area contributed by atoms with E-state index < -0.39 is 0 Å². The van der Waals surface area contributed by atoms with Gasteiger partial charge in [0.05, 0.1) is 18.3 Å². The summed E-state index contributed by atoms with van der Waals surface area (Å²) in [5.41, 5.74) is 0.812. The van der Waals surface area contributed by atoms with Gasteiger partial charge in [-0.1, -0.05) is 12.1 Å². The number of carbonyl (C=O) groups excluding carboxylic acids is 1. The molecule has 130 valence electrons. The molecule has 2 heterocycles. The summed E-state index contributed by atoms with van der Waals surface area (Å²) >= 11 is 1.41. The van der Waals surface area contributed by atoms with Crippen molar-refractivity contribution in [2.75, 3.05) is 13.7 Å². The Balaban J connectivity index is 1.67. The van der Waals surface area contributed by atoms with Crippen LogP contribution in [0.5, 0.6) is 5.75 Å². The average Bonchev–Trinajstić information content (AvgIpc) is 3.09. The number of carbonyl (C=O) groups is 1. The zero-order valence-electron chi connectivity index (χ0n) is 14.1. The SMILES string of the molecule is CCOc1ccc(CN(C)C(=O)Cn2cnc3sccc3c2=O)cc1. The van der Waals surface area contributed by atoms with Crippen molar-refractivity contribution < 1.29 is 9.53 Å². The molecule has 7 heteroatoms. The number of nitrogens with zero attached hydrogens (tertiary/aromatic N) is 3. The van der Waals surface area contributed by atoms with E-state index in [0.29, 0.717) is 23.4 Å². The van der Waals surface area contributed by atoms with Gasteiger partial charge in [-0.15, -0.1) is 11.3 Å². The first kappa shape index (κ1) is 17.2. The Morgan fingerprint density at radius 1 is 1.28 bits per heavy atom. The second kappa shape index (κ2) is 7.48. The minimum Gasteiger partial charge on any atom is -0.494 e. The van der Waals surface area contributed by atoms with Crippen molar-refractivity contribution in [3.05, 3.63) is 58.0 Å². The predicted molar refractivity (Wildman–Crippen MR) is 98.0 cm³/mol. The van der Waals surface area contributed by atoms with Crippen molar-refractivity contribution >= 4 is 27.5 Å². The highest BCUT2D eigenvalue weighted by molar-refractivity contribution is 7.16. The van der Waals surface area contributed by atoms with Crippen LogP contribution in [0.25, 0.3) is 10.2 Å². The topological polar surface area (TPSA) is 64.4 Å². The highest BCUT2D eigenvalue weighted by Gasteiger charge is 2.13. The number of likely N-dealkylation sites (N-methyl/N-ethyl adjacent to an activating group) is 1. The third kappa shape index (κ3) is 3.88. The van der Waals surface area contributed by atoms with Gasteiger partial charge in [0.1, 0.15) is 17.1 Å². The van der Waals surface area contributed by atoms with Crippen molar-refractivity contribution in [2.45, 2.75) is 20.0 Å². The van der Waals surface area contributed by atoms with Crippen LogP contribution in [-0.2, 0) is 17.9 Å². The zero-order valence-corrected chi connectivity index (χ0v) is 15.0. The van der Waals surface area contributed by atoms with E-state index in [1.807, 2.05) is 36.6 Å². The summed E-state index contributed by atoms with van der Waals surface area (Å²) in [4.78, 5) is 31.3. The monoisotopic (exact) mass is 357 g/mol. The van der Waals surface area contributed by atoms with Gasteiger partial charge >= 0.3 is 0 Å². The minimum absolute atomic E-state index is 0.0227. The number of aromatic nitrogens is 2. The van der Waals surface area contributed by atoms with Gasteiger partial charge in [0, 0.05) is 13.6 Å². The summed E-state index contributed by atoms with van der Waals surface area (Å²) in [6, 6.07) is 9.37. The Morgan fingerprint density at radius 2 is 2.04 bits per heavy atom. The summed E-state index contributed by atoms with van der Waals surface area (Å²) < 4.78 is 6.76. The molecule has 1 amide bonds. The summed E-state index contributed by atoms with van der Waals surface area (Å²) in [5.74, 6) is 0.661. The summed E-state index contributed by atoms with van der Waals surface area (Å²) in [6.07, 6.45) is 1.43. The number of amides is 1. The van der Waals surface area contributed by atoms with Crippen LogP contribution in [-0.4, -0.2) is 34.0 Å². The molecular formula is C18H19N3O3S. The van der Waals surface area contributed by atoms with Crippen LogP contribution in [0.2, 0.25) is 0 Å². The fourth-order valence-corrected chi connectivity index (χ4v) is 3.22. The van der Waals surface area contributed by atoms with Crippen LogP contribution in [0.15, 0.2) is 46.8 Å². The van der Waals surface area contributed by atoms with E-state index in [0.717, 1.165) is 11.3 Å². The lowest BCUT2D eigenvalue weighted by molar-refractivity contribution is -0.131. The Bertz CT molecular complexity index is 931. The summed E-state index contributed by atoms with van der Waals surface area (Å²) in [7, 11) is 1.72. The van der Waals surface area contributed by atoms with Gasteiger partial charge < -0.3 is 9.64 Å². The molecule has 0 atom stereocenters. The first-order valence-electron chi connectivity index (χ1n) is 7.97. The quantitative estimate of drug-likeness (QED) is 0.680. The predicted octanol–water partition coefficient (Wildman–Crippen LogP) is 2.52. The standard InChI is InChI=1S/C18H19N3O3S/c1-3-24-14-6-4-13(5-7-14)10-20(2)16(22)11-21-12-19-17-15(18(21)23)8-9-25-17/h4-9,12H,3,10-11H2,1-2H3. The van der Waals surface area contributed by atoms with Crippen LogP contribution in [0, 0.1) is 0 Å². The molecule has 3 aromatic rings. The Labute approximate surface area is 149 Å². The van der Waals surface area contributed by atoms with E-state index in [1.54, 1.807) is 18.0 Å². The lowest BCUT2D eigenvalue weighted by atomic mass is 10.2. The number of fused-ring (bicyclic) bond motifs is 1. The van der Waals surface area contributed by atoms with Crippen LogP contribution in [0.3, 0.4) is 0 Å². The molecule has 0 saturated heterocycles. The highest BCUT2D eigenvalue weighted by Crippen LogP contribution is 2.14. The molecule has 6 nitrogen and oxygen atoms in total. The fourth-order valence-electron chi connectivity index (χ4n) is 2.49. The molecule has 3 rings (SSSR count). The van der Waals surface area contributed by atoms with Crippen LogP contribution in [0.1, 0.15) is 12.5 Å². The lowest BCUT2D eigenvalue weighted by Crippen LogP contribution is -2.33. The number of ether oxygens (including phenoxy) is 1. The van der Waals surface area contributed by atoms with E-state index in [4.69, 9.17) is 4.74 Å². The minimum atomic E-state index is -0.186. The molecule has 0 N–H and O–H groups in total. The lowest BCUT2D eigenvalue weighted by Gasteiger charge is -2.18. The van der Waals surface area contributed by atoms with Crippen molar-refractivity contribution in [1.29, 1.82) is 0 Å². The zero-order chi connectivity index (χ0) is 17.8. The molecule has 0 unspecified atom stereocenters. The van der Waals surface area contributed by atoms with Crippen molar-refractivity contribution in [2.24, 2.45) is 0 Å². The number of benzene rings is 1. The molecular weight excluding hydrogens is 338 g/mol. The second-order valence-electron chi connectivity index (χ2n) is 5.64. The van der Waals surface area contributed by atoms with Crippen LogP contribution >= 0.6 is 11.3 Å². The molecule has 1 aromatic carbocycles. The van der Waals surface area contributed by atoms with Gasteiger partial charge in [0.25, 0.3) is 5.56 Å². The molecule has 0 saturated carbocycles. The van der Waals surface area contributed by atoms with Gasteiger partial charge in [-0.25, -0.2) is 4.98 Å². The van der Waals surface area contributed by atoms with E-state index in [9.17, 15) is 9.59 Å². The fraction of sp³-hybridized carbons (Fsp3) is 0.278. The van der Waals surface area contributed by atoms with Gasteiger partial charge in [0.2, 0.25) is 5.91 Å². The van der Waals surface area contributed by atoms with Gasteiger partial charge in [0.15, 0.2) is 0 Å². The Kier molecular flexibility index (Phi) is 5.14. The Morgan fingerprint density at radius 3 is 2.76 bits per heavy atom. The van der Waals surface area contributed by atoms with E-state index in [-0.39, 0.29) is 18.0 Å². The van der Waals surface area contributed by atoms with E-state index in [1.165, 1.54) is 22.2 Å². The van der Waals surface area contributed by atoms with Gasteiger partial charge in [-0.3, -0.25) is 14.2 Å². The highest BCUT2D eigenvalue weighted by atomic mass is 32.1. The molecule has 0 aliphatic rings. The number of rotatable bonds is 6. The molecule has 0 radical (unpaired) electrons.